The van der Waals surface area contributed by atoms with Gasteiger partial charge in [0.1, 0.15) is 11.6 Å². The fourth-order valence-electron chi connectivity index (χ4n) is 4.29. The lowest BCUT2D eigenvalue weighted by Crippen LogP contribution is -2.52. The minimum absolute atomic E-state index is 0.327. The van der Waals surface area contributed by atoms with Gasteiger partial charge in [-0.25, -0.2) is 9.59 Å². The molecule has 0 aromatic carbocycles. The smallest absolute Gasteiger partial charge is 0.411 e. The molecule has 1 aliphatic heterocycles. The Hall–Kier alpha value is -1.26. The van der Waals surface area contributed by atoms with Crippen LogP contribution in [0.15, 0.2) is 0 Å². The highest BCUT2D eigenvalue weighted by Crippen LogP contribution is 2.35. The fraction of sp³-hybridized carbons (Fsp3) is 0.905. The summed E-state index contributed by atoms with van der Waals surface area (Å²) in [7, 11) is 1.39. The van der Waals surface area contributed by atoms with Crippen LogP contribution < -0.4 is 0 Å². The summed E-state index contributed by atoms with van der Waals surface area (Å²) in [5, 5.41) is 0. The largest absolute Gasteiger partial charge is 0.467 e. The molecule has 0 bridgehead atoms. The van der Waals surface area contributed by atoms with Crippen molar-refractivity contribution in [2.75, 3.05) is 13.7 Å². The van der Waals surface area contributed by atoms with Crippen molar-refractivity contribution in [1.82, 2.24) is 4.90 Å². The Morgan fingerprint density at radius 3 is 2.19 bits per heavy atom. The summed E-state index contributed by atoms with van der Waals surface area (Å²) in [6.45, 7) is 8.45. The van der Waals surface area contributed by atoms with Crippen molar-refractivity contribution in [3.05, 3.63) is 0 Å². The Morgan fingerprint density at radius 1 is 1.00 bits per heavy atom. The van der Waals surface area contributed by atoms with Gasteiger partial charge >= 0.3 is 12.1 Å². The highest BCUT2D eigenvalue weighted by Gasteiger charge is 2.39. The monoisotopic (exact) mass is 367 g/mol. The molecule has 2 rings (SSSR count). The molecule has 0 aromatic heterocycles. The number of carbonyl (C=O) groups is 2. The predicted molar refractivity (Wildman–Crippen MR) is 102 cm³/mol. The third kappa shape index (κ3) is 6.17. The first-order valence-corrected chi connectivity index (χ1v) is 10.3. The van der Waals surface area contributed by atoms with Crippen molar-refractivity contribution in [3.63, 3.8) is 0 Å². The molecule has 0 radical (unpaired) electrons. The van der Waals surface area contributed by atoms with E-state index in [2.05, 4.69) is 6.92 Å². The molecule has 1 saturated heterocycles. The second-order valence-corrected chi connectivity index (χ2v) is 9.31. The van der Waals surface area contributed by atoms with Crippen molar-refractivity contribution < 1.29 is 19.1 Å². The lowest BCUT2D eigenvalue weighted by Gasteiger charge is -2.39. The van der Waals surface area contributed by atoms with Gasteiger partial charge in [0.2, 0.25) is 0 Å². The van der Waals surface area contributed by atoms with Crippen molar-refractivity contribution in [3.8, 4) is 0 Å². The summed E-state index contributed by atoms with van der Waals surface area (Å²) in [6.07, 6.45) is 9.01. The minimum atomic E-state index is -0.563. The number of methoxy groups -OCH3 is 1. The first-order valence-electron chi connectivity index (χ1n) is 10.3. The topological polar surface area (TPSA) is 55.8 Å². The Bertz CT molecular complexity index is 477. The number of piperidine rings is 1. The maximum atomic E-state index is 12.5. The van der Waals surface area contributed by atoms with Gasteiger partial charge in [0.05, 0.1) is 7.11 Å². The van der Waals surface area contributed by atoms with Gasteiger partial charge in [0.25, 0.3) is 0 Å². The normalized spacial score (nSPS) is 30.0. The van der Waals surface area contributed by atoms with Gasteiger partial charge in [-0.1, -0.05) is 45.4 Å². The highest BCUT2D eigenvalue weighted by molar-refractivity contribution is 5.81. The van der Waals surface area contributed by atoms with Gasteiger partial charge in [-0.2, -0.15) is 0 Å². The molecule has 1 amide bonds. The molecule has 0 N–H and O–H groups in total. The summed E-state index contributed by atoms with van der Waals surface area (Å²) in [6, 6.07) is -0.514. The zero-order valence-corrected chi connectivity index (χ0v) is 17.3. The van der Waals surface area contributed by atoms with E-state index < -0.39 is 17.7 Å². The molecule has 1 aliphatic carbocycles. The highest BCUT2D eigenvalue weighted by atomic mass is 16.6. The zero-order chi connectivity index (χ0) is 19.3. The van der Waals surface area contributed by atoms with E-state index in [-0.39, 0.29) is 5.97 Å². The number of esters is 1. The first kappa shape index (κ1) is 21.0. The Balaban J connectivity index is 1.90. The molecule has 0 aromatic rings. The SMILES string of the molecule is COC(=O)[C@@H]1C[C@@H](CCC2CCC(C)CC2)CCN1C(=O)OC(C)(C)C. The number of carbonyl (C=O) groups excluding carboxylic acids is 2. The second-order valence-electron chi connectivity index (χ2n) is 9.31. The van der Waals surface area contributed by atoms with Crippen LogP contribution in [0, 0.1) is 17.8 Å². The quantitative estimate of drug-likeness (QED) is 0.671. The zero-order valence-electron chi connectivity index (χ0n) is 17.3. The molecule has 150 valence electrons. The number of likely N-dealkylation sites (tertiary alicyclic amines) is 1. The van der Waals surface area contributed by atoms with Crippen LogP contribution in [0.2, 0.25) is 0 Å². The van der Waals surface area contributed by atoms with Crippen LogP contribution >= 0.6 is 0 Å². The summed E-state index contributed by atoms with van der Waals surface area (Å²) in [5.41, 5.74) is -0.563. The van der Waals surface area contributed by atoms with Crippen LogP contribution in [0.3, 0.4) is 0 Å². The number of hydrogen-bond acceptors (Lipinski definition) is 4. The van der Waals surface area contributed by atoms with Gasteiger partial charge in [-0.15, -0.1) is 0 Å². The molecule has 26 heavy (non-hydrogen) atoms. The molecular weight excluding hydrogens is 330 g/mol. The molecule has 2 fully saturated rings. The molecule has 0 spiro atoms. The van der Waals surface area contributed by atoms with Gasteiger partial charge < -0.3 is 9.47 Å². The van der Waals surface area contributed by atoms with Gasteiger partial charge in [-0.05, 0) is 51.4 Å². The van der Waals surface area contributed by atoms with Gasteiger partial charge in [0.15, 0.2) is 0 Å². The molecule has 5 heteroatoms. The minimum Gasteiger partial charge on any atom is -0.467 e. The number of hydrogen-bond donors (Lipinski definition) is 0. The van der Waals surface area contributed by atoms with Crippen LogP contribution in [0.1, 0.15) is 79.1 Å². The third-order valence-electron chi connectivity index (χ3n) is 5.93. The van der Waals surface area contributed by atoms with E-state index in [0.29, 0.717) is 18.9 Å². The number of ether oxygens (including phenoxy) is 2. The maximum absolute atomic E-state index is 12.5. The molecule has 2 aliphatic rings. The van der Waals surface area contributed by atoms with E-state index in [4.69, 9.17) is 9.47 Å². The maximum Gasteiger partial charge on any atom is 0.411 e. The molecule has 0 unspecified atom stereocenters. The van der Waals surface area contributed by atoms with Gasteiger partial charge in [0, 0.05) is 6.54 Å². The fourth-order valence-corrected chi connectivity index (χ4v) is 4.29. The molecular formula is C21H37NO4. The van der Waals surface area contributed by atoms with E-state index in [1.54, 1.807) is 4.90 Å². The Labute approximate surface area is 158 Å². The predicted octanol–water partition coefficient (Wildman–Crippen LogP) is 4.78. The average Bonchev–Trinajstić information content (AvgIpc) is 2.58. The standard InChI is InChI=1S/C21H37NO4/c1-15-6-8-16(9-7-15)10-11-17-12-13-22(18(14-17)19(23)25-5)20(24)26-21(2,3)4/h15-18H,6-14H2,1-5H3/t15?,16?,17-,18-/m0/s1. The van der Waals surface area contributed by atoms with E-state index in [0.717, 1.165) is 24.7 Å². The van der Waals surface area contributed by atoms with E-state index >= 15 is 0 Å². The Morgan fingerprint density at radius 2 is 1.62 bits per heavy atom. The summed E-state index contributed by atoms with van der Waals surface area (Å²) < 4.78 is 10.4. The molecule has 1 heterocycles. The van der Waals surface area contributed by atoms with Gasteiger partial charge in [-0.3, -0.25) is 4.90 Å². The first-order chi connectivity index (χ1) is 12.2. The van der Waals surface area contributed by atoms with Crippen LogP contribution in [-0.4, -0.2) is 42.3 Å². The van der Waals surface area contributed by atoms with Crippen molar-refractivity contribution in [2.24, 2.45) is 17.8 Å². The third-order valence-corrected chi connectivity index (χ3v) is 5.93. The number of rotatable bonds is 4. The van der Waals surface area contributed by atoms with Crippen LogP contribution in [0.5, 0.6) is 0 Å². The van der Waals surface area contributed by atoms with Crippen LogP contribution in [0.25, 0.3) is 0 Å². The lowest BCUT2D eigenvalue weighted by atomic mass is 9.78. The number of nitrogens with zero attached hydrogens (tertiary/aromatic N) is 1. The van der Waals surface area contributed by atoms with Crippen LogP contribution in [-0.2, 0) is 14.3 Å². The summed E-state index contributed by atoms with van der Waals surface area (Å²) in [5.74, 6) is 1.88. The molecule has 1 saturated carbocycles. The number of amides is 1. The second kappa shape index (κ2) is 9.09. The van der Waals surface area contributed by atoms with Crippen LogP contribution in [0.4, 0.5) is 4.79 Å². The average molecular weight is 368 g/mol. The van der Waals surface area contributed by atoms with Crippen molar-refractivity contribution in [2.45, 2.75) is 90.7 Å². The molecule has 2 atom stereocenters. The van der Waals surface area contributed by atoms with Crippen molar-refractivity contribution >= 4 is 12.1 Å². The van der Waals surface area contributed by atoms with Crippen molar-refractivity contribution in [1.29, 1.82) is 0 Å². The summed E-state index contributed by atoms with van der Waals surface area (Å²) in [4.78, 5) is 26.3. The van der Waals surface area contributed by atoms with E-state index in [9.17, 15) is 9.59 Å². The molecule has 5 nitrogen and oxygen atoms in total. The van der Waals surface area contributed by atoms with E-state index in [1.807, 2.05) is 20.8 Å². The van der Waals surface area contributed by atoms with E-state index in [1.165, 1.54) is 39.2 Å². The lowest BCUT2D eigenvalue weighted by molar-refractivity contribution is -0.149. The Kier molecular flexibility index (Phi) is 7.36. The summed E-state index contributed by atoms with van der Waals surface area (Å²) >= 11 is 0.